The first-order chi connectivity index (χ1) is 10.2. The van der Waals surface area contributed by atoms with Crippen molar-refractivity contribution in [3.8, 4) is 0 Å². The van der Waals surface area contributed by atoms with Crippen LogP contribution in [-0.4, -0.2) is 5.91 Å². The van der Waals surface area contributed by atoms with E-state index in [2.05, 4.69) is 36.5 Å². The van der Waals surface area contributed by atoms with Gasteiger partial charge in [-0.3, -0.25) is 4.79 Å². The molecule has 0 aliphatic heterocycles. The van der Waals surface area contributed by atoms with Gasteiger partial charge in [-0.1, -0.05) is 37.6 Å². The third-order valence-corrected chi connectivity index (χ3v) is 3.51. The second kappa shape index (κ2) is 7.48. The molecule has 0 atom stereocenters. The number of primary amides is 1. The van der Waals surface area contributed by atoms with Gasteiger partial charge in [-0.15, -0.1) is 0 Å². The van der Waals surface area contributed by atoms with Gasteiger partial charge < -0.3 is 11.1 Å². The summed E-state index contributed by atoms with van der Waals surface area (Å²) in [7, 11) is 0. The van der Waals surface area contributed by atoms with Crippen molar-refractivity contribution in [2.75, 3.05) is 5.32 Å². The Morgan fingerprint density at radius 1 is 1.00 bits per heavy atom. The fourth-order valence-electron chi connectivity index (χ4n) is 2.16. The van der Waals surface area contributed by atoms with Crippen molar-refractivity contribution in [2.45, 2.75) is 32.7 Å². The summed E-state index contributed by atoms with van der Waals surface area (Å²) in [6.07, 6.45) is 3.60. The van der Waals surface area contributed by atoms with Crippen molar-refractivity contribution >= 4 is 11.6 Å². The van der Waals surface area contributed by atoms with Crippen molar-refractivity contribution in [2.24, 2.45) is 5.73 Å². The van der Waals surface area contributed by atoms with E-state index in [9.17, 15) is 4.79 Å². The normalized spacial score (nSPS) is 10.3. The minimum absolute atomic E-state index is 0.392. The van der Waals surface area contributed by atoms with E-state index in [1.807, 2.05) is 12.1 Å². The molecule has 0 unspecified atom stereocenters. The molecule has 0 fully saturated rings. The summed E-state index contributed by atoms with van der Waals surface area (Å²) in [5.74, 6) is -0.392. The Kier molecular flexibility index (Phi) is 5.38. The molecule has 0 heterocycles. The molecule has 1 amide bonds. The van der Waals surface area contributed by atoms with Crippen LogP contribution in [0, 0.1) is 0 Å². The van der Waals surface area contributed by atoms with E-state index in [-0.39, 0.29) is 0 Å². The first kappa shape index (κ1) is 15.1. The molecule has 0 saturated heterocycles. The van der Waals surface area contributed by atoms with Gasteiger partial charge in [0.2, 0.25) is 5.91 Å². The molecule has 0 saturated carbocycles. The molecule has 0 spiro atoms. The van der Waals surface area contributed by atoms with E-state index < -0.39 is 5.91 Å². The number of rotatable bonds is 7. The van der Waals surface area contributed by atoms with Crippen LogP contribution in [0.25, 0.3) is 0 Å². The fraction of sp³-hybridized carbons (Fsp3) is 0.278. The summed E-state index contributed by atoms with van der Waals surface area (Å²) in [4.78, 5) is 11.0. The van der Waals surface area contributed by atoms with Crippen LogP contribution in [0.5, 0.6) is 0 Å². The second-order valence-electron chi connectivity index (χ2n) is 5.22. The summed E-state index contributed by atoms with van der Waals surface area (Å²) in [6, 6.07) is 15.9. The maximum absolute atomic E-state index is 11.0. The molecule has 3 heteroatoms. The predicted molar refractivity (Wildman–Crippen MR) is 87.3 cm³/mol. The standard InChI is InChI=1S/C18H22N2O/c1-2-3-4-14-7-11-17(12-8-14)20-13-15-5-9-16(10-6-15)18(19)21/h5-12,20H,2-4,13H2,1H3,(H2,19,21). The molecule has 3 N–H and O–H groups in total. The highest BCUT2D eigenvalue weighted by Crippen LogP contribution is 2.13. The molecule has 0 aromatic heterocycles. The summed E-state index contributed by atoms with van der Waals surface area (Å²) in [5, 5.41) is 3.38. The molecule has 21 heavy (non-hydrogen) atoms. The Morgan fingerprint density at radius 2 is 1.62 bits per heavy atom. The van der Waals surface area contributed by atoms with Gasteiger partial charge in [-0.2, -0.15) is 0 Å². The number of hydrogen-bond donors (Lipinski definition) is 2. The SMILES string of the molecule is CCCCc1ccc(NCc2ccc(C(N)=O)cc2)cc1. The van der Waals surface area contributed by atoms with Crippen LogP contribution in [0.2, 0.25) is 0 Å². The molecular weight excluding hydrogens is 260 g/mol. The predicted octanol–water partition coefficient (Wildman–Crippen LogP) is 3.74. The Balaban J connectivity index is 1.88. The number of nitrogens with one attached hydrogen (secondary N) is 1. The monoisotopic (exact) mass is 282 g/mol. The lowest BCUT2D eigenvalue weighted by Gasteiger charge is -2.08. The maximum Gasteiger partial charge on any atom is 0.248 e. The molecule has 0 aliphatic carbocycles. The lowest BCUT2D eigenvalue weighted by molar-refractivity contribution is 0.100. The van der Waals surface area contributed by atoms with E-state index in [4.69, 9.17) is 5.73 Å². The van der Waals surface area contributed by atoms with E-state index in [0.717, 1.165) is 24.2 Å². The zero-order chi connectivity index (χ0) is 15.1. The van der Waals surface area contributed by atoms with Gasteiger partial charge in [0, 0.05) is 17.8 Å². The number of aryl methyl sites for hydroxylation is 1. The quantitative estimate of drug-likeness (QED) is 0.812. The van der Waals surface area contributed by atoms with Gasteiger partial charge in [0.1, 0.15) is 0 Å². The van der Waals surface area contributed by atoms with Crippen LogP contribution in [0.3, 0.4) is 0 Å². The minimum atomic E-state index is -0.392. The molecule has 3 nitrogen and oxygen atoms in total. The Bertz CT molecular complexity index is 573. The van der Waals surface area contributed by atoms with Gasteiger partial charge in [0.25, 0.3) is 0 Å². The number of benzene rings is 2. The highest BCUT2D eigenvalue weighted by Gasteiger charge is 2.00. The third kappa shape index (κ3) is 4.63. The number of carbonyl (C=O) groups is 1. The average Bonchev–Trinajstić information content (AvgIpc) is 2.52. The number of nitrogens with two attached hydrogens (primary N) is 1. The first-order valence-corrected chi connectivity index (χ1v) is 7.40. The number of anilines is 1. The summed E-state index contributed by atoms with van der Waals surface area (Å²) in [5.41, 5.74) is 9.37. The smallest absolute Gasteiger partial charge is 0.248 e. The average molecular weight is 282 g/mol. The van der Waals surface area contributed by atoms with E-state index >= 15 is 0 Å². The third-order valence-electron chi connectivity index (χ3n) is 3.51. The topological polar surface area (TPSA) is 55.1 Å². The van der Waals surface area contributed by atoms with Crippen molar-refractivity contribution in [1.82, 2.24) is 0 Å². The summed E-state index contributed by atoms with van der Waals surface area (Å²) < 4.78 is 0. The van der Waals surface area contributed by atoms with E-state index in [1.165, 1.54) is 18.4 Å². The lowest BCUT2D eigenvalue weighted by atomic mass is 10.1. The first-order valence-electron chi connectivity index (χ1n) is 7.40. The number of unbranched alkanes of at least 4 members (excludes halogenated alkanes) is 1. The van der Waals surface area contributed by atoms with Gasteiger partial charge >= 0.3 is 0 Å². The van der Waals surface area contributed by atoms with Crippen molar-refractivity contribution in [3.63, 3.8) is 0 Å². The Hall–Kier alpha value is -2.29. The minimum Gasteiger partial charge on any atom is -0.381 e. The van der Waals surface area contributed by atoms with Gasteiger partial charge in [-0.25, -0.2) is 0 Å². The van der Waals surface area contributed by atoms with Crippen LogP contribution in [-0.2, 0) is 13.0 Å². The Morgan fingerprint density at radius 3 is 2.19 bits per heavy atom. The van der Waals surface area contributed by atoms with Crippen LogP contribution in [0.1, 0.15) is 41.3 Å². The highest BCUT2D eigenvalue weighted by molar-refractivity contribution is 5.92. The molecule has 2 aromatic rings. The van der Waals surface area contributed by atoms with Crippen LogP contribution in [0.4, 0.5) is 5.69 Å². The fourth-order valence-corrected chi connectivity index (χ4v) is 2.16. The molecule has 110 valence electrons. The number of amides is 1. The van der Waals surface area contributed by atoms with Crippen molar-refractivity contribution in [1.29, 1.82) is 0 Å². The largest absolute Gasteiger partial charge is 0.381 e. The van der Waals surface area contributed by atoms with Gasteiger partial charge in [0.15, 0.2) is 0 Å². The Labute approximate surface area is 126 Å². The van der Waals surface area contributed by atoms with Crippen molar-refractivity contribution in [3.05, 3.63) is 65.2 Å². The summed E-state index contributed by atoms with van der Waals surface area (Å²) in [6.45, 7) is 2.94. The molecule has 2 rings (SSSR count). The lowest BCUT2D eigenvalue weighted by Crippen LogP contribution is -2.10. The molecule has 0 radical (unpaired) electrons. The zero-order valence-corrected chi connectivity index (χ0v) is 12.4. The summed E-state index contributed by atoms with van der Waals surface area (Å²) >= 11 is 0. The number of carbonyl (C=O) groups excluding carboxylic acids is 1. The molecular formula is C18H22N2O. The highest BCUT2D eigenvalue weighted by atomic mass is 16.1. The maximum atomic E-state index is 11.0. The molecule has 0 bridgehead atoms. The molecule has 2 aromatic carbocycles. The van der Waals surface area contributed by atoms with E-state index in [1.54, 1.807) is 12.1 Å². The van der Waals surface area contributed by atoms with Gasteiger partial charge in [-0.05, 0) is 48.2 Å². The number of hydrogen-bond acceptors (Lipinski definition) is 2. The van der Waals surface area contributed by atoms with Crippen LogP contribution >= 0.6 is 0 Å². The molecule has 0 aliphatic rings. The van der Waals surface area contributed by atoms with Crippen LogP contribution in [0.15, 0.2) is 48.5 Å². The zero-order valence-electron chi connectivity index (χ0n) is 12.4. The second-order valence-corrected chi connectivity index (χ2v) is 5.22. The van der Waals surface area contributed by atoms with Crippen molar-refractivity contribution < 1.29 is 4.79 Å². The van der Waals surface area contributed by atoms with E-state index in [0.29, 0.717) is 5.56 Å². The van der Waals surface area contributed by atoms with Crippen LogP contribution < -0.4 is 11.1 Å². The van der Waals surface area contributed by atoms with Gasteiger partial charge in [0.05, 0.1) is 0 Å².